The van der Waals surface area contributed by atoms with Crippen LogP contribution in [0, 0.1) is 0 Å². The molecule has 0 amide bonds. The van der Waals surface area contributed by atoms with Crippen LogP contribution in [0.15, 0.2) is 24.5 Å². The second-order valence-corrected chi connectivity index (χ2v) is 7.28. The Morgan fingerprint density at radius 3 is 2.67 bits per heavy atom. The van der Waals surface area contributed by atoms with Gasteiger partial charge in [0.2, 0.25) is 0 Å². The first-order valence-electron chi connectivity index (χ1n) is 5.41. The molecule has 5 nitrogen and oxygen atoms in total. The minimum atomic E-state index is -3.48. The molecule has 0 saturated heterocycles. The van der Waals surface area contributed by atoms with Crippen molar-refractivity contribution >= 4 is 26.7 Å². The smallest absolute Gasteiger partial charge is 0.185 e. The molecule has 0 unspecified atom stereocenters. The molecule has 0 fully saturated rings. The number of hydrogen-bond acceptors (Lipinski definition) is 4. The van der Waals surface area contributed by atoms with Gasteiger partial charge in [0.05, 0.1) is 0 Å². The number of Topliss-reactive ketones (excluding diaryl/α,β-unsaturated/α-hetero) is 1. The van der Waals surface area contributed by atoms with E-state index in [-0.39, 0.29) is 0 Å². The Morgan fingerprint density at radius 2 is 2.06 bits per heavy atom. The molecule has 0 radical (unpaired) electrons. The predicted molar refractivity (Wildman–Crippen MR) is 69.3 cm³/mol. The largest absolute Gasteiger partial charge is 0.345 e. The van der Waals surface area contributed by atoms with E-state index < -0.39 is 20.4 Å². The monoisotopic (exact) mass is 266 g/mol. The summed E-state index contributed by atoms with van der Waals surface area (Å²) in [6.07, 6.45) is 4.18. The van der Waals surface area contributed by atoms with Crippen molar-refractivity contribution < 1.29 is 13.2 Å². The number of H-pyrrole nitrogens is 1. The molecule has 0 atom stereocenters. The highest BCUT2D eigenvalue weighted by Crippen LogP contribution is 2.25. The van der Waals surface area contributed by atoms with E-state index in [1.165, 1.54) is 20.0 Å². The lowest BCUT2D eigenvalue weighted by atomic mass is 10.0. The molecule has 96 valence electrons. The molecule has 0 aliphatic heterocycles. The van der Waals surface area contributed by atoms with Crippen molar-refractivity contribution in [2.75, 3.05) is 6.26 Å². The van der Waals surface area contributed by atoms with Gasteiger partial charge in [-0.25, -0.2) is 13.4 Å². The third-order valence-corrected chi connectivity index (χ3v) is 5.21. The van der Waals surface area contributed by atoms with Crippen molar-refractivity contribution in [3.05, 3.63) is 30.1 Å². The fourth-order valence-electron chi connectivity index (χ4n) is 1.64. The SMILES string of the molecule is CC(C)(C(=O)c1c[nH]c2ncccc12)S(C)(=O)=O. The summed E-state index contributed by atoms with van der Waals surface area (Å²) in [5, 5.41) is 0.638. The number of carbonyl (C=O) groups is 1. The van der Waals surface area contributed by atoms with Crippen LogP contribution in [0.4, 0.5) is 0 Å². The number of hydrogen-bond donors (Lipinski definition) is 1. The summed E-state index contributed by atoms with van der Waals surface area (Å²) in [6.45, 7) is 2.83. The molecule has 2 rings (SSSR count). The number of nitrogens with one attached hydrogen (secondary N) is 1. The van der Waals surface area contributed by atoms with Crippen LogP contribution in [-0.4, -0.2) is 35.2 Å². The van der Waals surface area contributed by atoms with Gasteiger partial charge < -0.3 is 4.98 Å². The molecule has 18 heavy (non-hydrogen) atoms. The summed E-state index contributed by atoms with van der Waals surface area (Å²) < 4.78 is 21.9. The van der Waals surface area contributed by atoms with E-state index in [2.05, 4.69) is 9.97 Å². The maximum atomic E-state index is 12.4. The van der Waals surface area contributed by atoms with Crippen LogP contribution < -0.4 is 0 Å². The van der Waals surface area contributed by atoms with E-state index in [1.807, 2.05) is 0 Å². The average Bonchev–Trinajstić information content (AvgIpc) is 2.70. The second-order valence-electron chi connectivity index (χ2n) is 4.71. The van der Waals surface area contributed by atoms with Crippen molar-refractivity contribution in [2.24, 2.45) is 0 Å². The van der Waals surface area contributed by atoms with Crippen molar-refractivity contribution in [1.82, 2.24) is 9.97 Å². The summed E-state index contributed by atoms with van der Waals surface area (Å²) in [7, 11) is -3.48. The molecule has 0 aromatic carbocycles. The Balaban J connectivity index is 2.60. The van der Waals surface area contributed by atoms with E-state index in [1.54, 1.807) is 18.3 Å². The zero-order chi connectivity index (χ0) is 13.6. The number of ketones is 1. The normalized spacial score (nSPS) is 12.8. The lowest BCUT2D eigenvalue weighted by Crippen LogP contribution is -2.39. The number of pyridine rings is 1. The number of aromatic amines is 1. The molecule has 0 spiro atoms. The van der Waals surface area contributed by atoms with Gasteiger partial charge in [-0.3, -0.25) is 4.79 Å². The zero-order valence-electron chi connectivity index (χ0n) is 10.4. The summed E-state index contributed by atoms with van der Waals surface area (Å²) in [5.41, 5.74) is 0.929. The first kappa shape index (κ1) is 12.8. The van der Waals surface area contributed by atoms with E-state index in [4.69, 9.17) is 0 Å². The lowest BCUT2D eigenvalue weighted by molar-refractivity contribution is 0.0956. The van der Waals surface area contributed by atoms with Crippen LogP contribution in [0.3, 0.4) is 0 Å². The van der Waals surface area contributed by atoms with E-state index in [0.29, 0.717) is 16.6 Å². The highest BCUT2D eigenvalue weighted by Gasteiger charge is 2.39. The molecule has 0 saturated carbocycles. The fraction of sp³-hybridized carbons (Fsp3) is 0.333. The second kappa shape index (κ2) is 3.91. The van der Waals surface area contributed by atoms with Crippen LogP contribution in [0.5, 0.6) is 0 Å². The Hall–Kier alpha value is -1.69. The van der Waals surface area contributed by atoms with Crippen LogP contribution in [0.2, 0.25) is 0 Å². The first-order chi connectivity index (χ1) is 8.25. The van der Waals surface area contributed by atoms with E-state index in [9.17, 15) is 13.2 Å². The van der Waals surface area contributed by atoms with Crippen molar-refractivity contribution in [2.45, 2.75) is 18.6 Å². The third kappa shape index (κ3) is 1.82. The highest BCUT2D eigenvalue weighted by atomic mass is 32.2. The van der Waals surface area contributed by atoms with Gasteiger partial charge in [-0.2, -0.15) is 0 Å². The molecule has 0 aliphatic carbocycles. The van der Waals surface area contributed by atoms with Gasteiger partial charge in [0.1, 0.15) is 10.4 Å². The number of nitrogens with zero attached hydrogens (tertiary/aromatic N) is 1. The van der Waals surface area contributed by atoms with Gasteiger partial charge in [-0.1, -0.05) is 0 Å². The molecule has 0 bridgehead atoms. The quantitative estimate of drug-likeness (QED) is 0.855. The van der Waals surface area contributed by atoms with Gasteiger partial charge in [-0.15, -0.1) is 0 Å². The van der Waals surface area contributed by atoms with Crippen molar-refractivity contribution in [1.29, 1.82) is 0 Å². The fourth-order valence-corrected chi connectivity index (χ4v) is 2.08. The minimum Gasteiger partial charge on any atom is -0.345 e. The van der Waals surface area contributed by atoms with Crippen molar-refractivity contribution in [3.8, 4) is 0 Å². The number of fused-ring (bicyclic) bond motifs is 1. The number of rotatable bonds is 3. The molecule has 2 aromatic rings. The molecule has 2 heterocycles. The van der Waals surface area contributed by atoms with E-state index >= 15 is 0 Å². The molecule has 2 aromatic heterocycles. The summed E-state index contributed by atoms with van der Waals surface area (Å²) in [4.78, 5) is 19.3. The maximum absolute atomic E-state index is 12.4. The first-order valence-corrected chi connectivity index (χ1v) is 7.31. The van der Waals surface area contributed by atoms with Gasteiger partial charge in [0.25, 0.3) is 0 Å². The van der Waals surface area contributed by atoms with Crippen LogP contribution >= 0.6 is 0 Å². The predicted octanol–water partition coefficient (Wildman–Crippen LogP) is 1.57. The standard InChI is InChI=1S/C12H14N2O3S/c1-12(2,18(3,16)17)10(15)9-7-14-11-8(9)5-4-6-13-11/h4-7H,1-3H3,(H,13,14). The molecular formula is C12H14N2O3S. The van der Waals surface area contributed by atoms with Gasteiger partial charge in [0.15, 0.2) is 15.6 Å². The van der Waals surface area contributed by atoms with Gasteiger partial charge >= 0.3 is 0 Å². The van der Waals surface area contributed by atoms with Crippen LogP contribution in [0.25, 0.3) is 11.0 Å². The Morgan fingerprint density at radius 1 is 1.39 bits per heavy atom. The summed E-state index contributed by atoms with van der Waals surface area (Å²) in [5.74, 6) is -0.427. The van der Waals surface area contributed by atoms with Gasteiger partial charge in [-0.05, 0) is 26.0 Å². The Kier molecular flexibility index (Phi) is 2.77. The lowest BCUT2D eigenvalue weighted by Gasteiger charge is -2.20. The van der Waals surface area contributed by atoms with Gasteiger partial charge in [0, 0.05) is 29.6 Å². The average molecular weight is 266 g/mol. The zero-order valence-corrected chi connectivity index (χ0v) is 11.2. The third-order valence-electron chi connectivity index (χ3n) is 3.17. The van der Waals surface area contributed by atoms with Crippen LogP contribution in [0.1, 0.15) is 24.2 Å². The summed E-state index contributed by atoms with van der Waals surface area (Å²) in [6, 6.07) is 3.45. The number of carbonyl (C=O) groups excluding carboxylic acids is 1. The van der Waals surface area contributed by atoms with Crippen molar-refractivity contribution in [3.63, 3.8) is 0 Å². The molecule has 0 aliphatic rings. The summed E-state index contributed by atoms with van der Waals surface area (Å²) >= 11 is 0. The highest BCUT2D eigenvalue weighted by molar-refractivity contribution is 7.92. The topological polar surface area (TPSA) is 79.9 Å². The minimum absolute atomic E-state index is 0.355. The Bertz CT molecular complexity index is 714. The molecule has 1 N–H and O–H groups in total. The van der Waals surface area contributed by atoms with E-state index in [0.717, 1.165) is 6.26 Å². The van der Waals surface area contributed by atoms with Crippen LogP contribution in [-0.2, 0) is 9.84 Å². The maximum Gasteiger partial charge on any atom is 0.185 e. The number of aromatic nitrogens is 2. The molecular weight excluding hydrogens is 252 g/mol. The Labute approximate surface area is 105 Å². The number of sulfone groups is 1. The molecule has 6 heteroatoms.